The van der Waals surface area contributed by atoms with E-state index < -0.39 is 0 Å². The molecule has 2 nitrogen and oxygen atoms in total. The molecule has 1 atom stereocenters. The molecule has 2 N–H and O–H groups in total. The van der Waals surface area contributed by atoms with E-state index in [1.807, 2.05) is 0 Å². The number of hydrogen-bond acceptors (Lipinski definition) is 2. The molecule has 20 heavy (non-hydrogen) atoms. The Morgan fingerprint density at radius 2 is 1.50 bits per heavy atom. The maximum Gasteiger partial charge on any atom is 0.124 e. The van der Waals surface area contributed by atoms with Crippen LogP contribution in [0.25, 0.3) is 0 Å². The molecule has 0 fully saturated rings. The summed E-state index contributed by atoms with van der Waals surface area (Å²) in [4.78, 5) is 0. The Balaban J connectivity index is 2.48. The van der Waals surface area contributed by atoms with E-state index >= 15 is 0 Å². The molecule has 2 aromatic carbocycles. The molecular formula is C18H23NO. The lowest BCUT2D eigenvalue weighted by Gasteiger charge is -2.19. The molecular weight excluding hydrogens is 246 g/mol. The third-order valence-corrected chi connectivity index (χ3v) is 3.82. The molecule has 0 amide bonds. The van der Waals surface area contributed by atoms with Crippen molar-refractivity contribution >= 4 is 0 Å². The molecule has 0 bridgehead atoms. The summed E-state index contributed by atoms with van der Waals surface area (Å²) in [5, 5.41) is 0. The maximum absolute atomic E-state index is 6.47. The lowest BCUT2D eigenvalue weighted by atomic mass is 9.92. The summed E-state index contributed by atoms with van der Waals surface area (Å²) in [6.45, 7) is 8.33. The predicted octanol–water partition coefficient (Wildman–Crippen LogP) is 3.98. The summed E-state index contributed by atoms with van der Waals surface area (Å²) in [6.07, 6.45) is 0. The average molecular weight is 269 g/mol. The van der Waals surface area contributed by atoms with Gasteiger partial charge in [-0.25, -0.2) is 0 Å². The van der Waals surface area contributed by atoms with Gasteiger partial charge in [0.2, 0.25) is 0 Å². The molecule has 2 rings (SSSR count). The van der Waals surface area contributed by atoms with Crippen LogP contribution >= 0.6 is 0 Å². The van der Waals surface area contributed by atoms with Crippen LogP contribution in [0.15, 0.2) is 30.3 Å². The van der Waals surface area contributed by atoms with Crippen LogP contribution in [0, 0.1) is 27.7 Å². The lowest BCUT2D eigenvalue weighted by Crippen LogP contribution is -2.14. The van der Waals surface area contributed by atoms with Crippen molar-refractivity contribution in [2.24, 2.45) is 5.73 Å². The van der Waals surface area contributed by atoms with E-state index in [9.17, 15) is 0 Å². The second-order valence-electron chi connectivity index (χ2n) is 5.53. The predicted molar refractivity (Wildman–Crippen MR) is 84.4 cm³/mol. The molecule has 0 spiro atoms. The molecule has 0 aliphatic heterocycles. The summed E-state index contributed by atoms with van der Waals surface area (Å²) in [5.74, 6) is 0.946. The smallest absolute Gasteiger partial charge is 0.124 e. The zero-order chi connectivity index (χ0) is 14.9. The molecule has 2 heteroatoms. The highest BCUT2D eigenvalue weighted by atomic mass is 16.5. The van der Waals surface area contributed by atoms with Crippen molar-refractivity contribution < 1.29 is 4.74 Å². The normalized spacial score (nSPS) is 12.3. The van der Waals surface area contributed by atoms with Crippen molar-refractivity contribution in [3.63, 3.8) is 0 Å². The Bertz CT molecular complexity index is 608. The number of rotatable bonds is 3. The number of hydrogen-bond donors (Lipinski definition) is 1. The van der Waals surface area contributed by atoms with Gasteiger partial charge in [0.1, 0.15) is 5.75 Å². The third-order valence-electron chi connectivity index (χ3n) is 3.82. The van der Waals surface area contributed by atoms with Crippen LogP contribution in [0.5, 0.6) is 5.75 Å². The molecule has 0 aliphatic carbocycles. The van der Waals surface area contributed by atoms with Crippen molar-refractivity contribution in [2.45, 2.75) is 33.7 Å². The molecule has 0 aromatic heterocycles. The molecule has 0 radical (unpaired) electrons. The number of methoxy groups -OCH3 is 1. The van der Waals surface area contributed by atoms with Gasteiger partial charge in [0.15, 0.2) is 0 Å². The van der Waals surface area contributed by atoms with E-state index in [0.717, 1.165) is 22.4 Å². The van der Waals surface area contributed by atoms with Crippen LogP contribution in [-0.2, 0) is 0 Å². The SMILES string of the molecule is COc1c(C)cc(C(N)c2cc(C)ccc2C)cc1C. The Labute approximate surface area is 121 Å². The summed E-state index contributed by atoms with van der Waals surface area (Å²) in [7, 11) is 1.71. The summed E-state index contributed by atoms with van der Waals surface area (Å²) in [5.41, 5.74) is 13.5. The fourth-order valence-electron chi connectivity index (χ4n) is 2.76. The topological polar surface area (TPSA) is 35.2 Å². The van der Waals surface area contributed by atoms with Crippen LogP contribution in [-0.4, -0.2) is 7.11 Å². The summed E-state index contributed by atoms with van der Waals surface area (Å²) >= 11 is 0. The molecule has 106 valence electrons. The van der Waals surface area contributed by atoms with Gasteiger partial charge in [-0.3, -0.25) is 0 Å². The van der Waals surface area contributed by atoms with E-state index in [0.29, 0.717) is 0 Å². The molecule has 0 saturated heterocycles. The Morgan fingerprint density at radius 1 is 0.900 bits per heavy atom. The summed E-state index contributed by atoms with van der Waals surface area (Å²) < 4.78 is 5.42. The van der Waals surface area contributed by atoms with Gasteiger partial charge in [-0.2, -0.15) is 0 Å². The Morgan fingerprint density at radius 3 is 2.05 bits per heavy atom. The van der Waals surface area contributed by atoms with Gasteiger partial charge >= 0.3 is 0 Å². The van der Waals surface area contributed by atoms with Gasteiger partial charge < -0.3 is 10.5 Å². The quantitative estimate of drug-likeness (QED) is 0.914. The minimum Gasteiger partial charge on any atom is -0.496 e. The van der Waals surface area contributed by atoms with E-state index in [1.54, 1.807) is 7.11 Å². The molecule has 0 aliphatic rings. The van der Waals surface area contributed by atoms with Crippen molar-refractivity contribution in [2.75, 3.05) is 7.11 Å². The second-order valence-corrected chi connectivity index (χ2v) is 5.53. The minimum atomic E-state index is -0.0989. The highest BCUT2D eigenvalue weighted by molar-refractivity contribution is 5.47. The zero-order valence-corrected chi connectivity index (χ0v) is 12.9. The Kier molecular flexibility index (Phi) is 4.15. The highest BCUT2D eigenvalue weighted by Crippen LogP contribution is 2.30. The standard InChI is InChI=1S/C18H23NO/c1-11-6-7-12(2)16(8-11)17(19)15-9-13(3)18(20-5)14(4)10-15/h6-10,17H,19H2,1-5H3. The number of aryl methyl sites for hydroxylation is 4. The van der Waals surface area contributed by atoms with E-state index in [-0.39, 0.29) is 6.04 Å². The first-order valence-electron chi connectivity index (χ1n) is 6.92. The van der Waals surface area contributed by atoms with Crippen LogP contribution in [0.3, 0.4) is 0 Å². The van der Waals surface area contributed by atoms with Crippen LogP contribution in [0.2, 0.25) is 0 Å². The molecule has 0 saturated carbocycles. The number of benzene rings is 2. The highest BCUT2D eigenvalue weighted by Gasteiger charge is 2.14. The molecule has 2 aromatic rings. The van der Waals surface area contributed by atoms with Gasteiger partial charge in [0.05, 0.1) is 13.2 Å². The van der Waals surface area contributed by atoms with E-state index in [2.05, 4.69) is 58.0 Å². The van der Waals surface area contributed by atoms with Crippen LogP contribution in [0.4, 0.5) is 0 Å². The summed E-state index contributed by atoms with van der Waals surface area (Å²) in [6, 6.07) is 10.6. The Hall–Kier alpha value is -1.80. The fourth-order valence-corrected chi connectivity index (χ4v) is 2.76. The number of ether oxygens (including phenoxy) is 1. The van der Waals surface area contributed by atoms with Gasteiger partial charge in [-0.1, -0.05) is 35.9 Å². The first-order chi connectivity index (χ1) is 9.43. The average Bonchev–Trinajstić information content (AvgIpc) is 2.40. The van der Waals surface area contributed by atoms with Gasteiger partial charge in [-0.05, 0) is 55.5 Å². The third kappa shape index (κ3) is 2.70. The largest absolute Gasteiger partial charge is 0.496 e. The van der Waals surface area contributed by atoms with Crippen molar-refractivity contribution in [3.8, 4) is 5.75 Å². The van der Waals surface area contributed by atoms with Crippen molar-refractivity contribution in [3.05, 3.63) is 63.7 Å². The molecule has 0 heterocycles. The molecule has 1 unspecified atom stereocenters. The van der Waals surface area contributed by atoms with Crippen molar-refractivity contribution in [1.29, 1.82) is 0 Å². The maximum atomic E-state index is 6.47. The number of nitrogens with two attached hydrogens (primary N) is 1. The first kappa shape index (κ1) is 14.6. The zero-order valence-electron chi connectivity index (χ0n) is 12.9. The first-order valence-corrected chi connectivity index (χ1v) is 6.92. The fraction of sp³-hybridized carbons (Fsp3) is 0.333. The van der Waals surface area contributed by atoms with E-state index in [4.69, 9.17) is 10.5 Å². The van der Waals surface area contributed by atoms with Gasteiger partial charge in [0.25, 0.3) is 0 Å². The van der Waals surface area contributed by atoms with Gasteiger partial charge in [0, 0.05) is 0 Å². The van der Waals surface area contributed by atoms with Gasteiger partial charge in [-0.15, -0.1) is 0 Å². The lowest BCUT2D eigenvalue weighted by molar-refractivity contribution is 0.408. The van der Waals surface area contributed by atoms with Crippen LogP contribution < -0.4 is 10.5 Å². The van der Waals surface area contributed by atoms with Crippen molar-refractivity contribution in [1.82, 2.24) is 0 Å². The monoisotopic (exact) mass is 269 g/mol. The second kappa shape index (κ2) is 5.68. The van der Waals surface area contributed by atoms with Crippen LogP contribution in [0.1, 0.15) is 39.4 Å². The minimum absolute atomic E-state index is 0.0989. The van der Waals surface area contributed by atoms with E-state index in [1.165, 1.54) is 16.7 Å².